The maximum Gasteiger partial charge on any atom is 0.253 e. The molecule has 4 bridgehead atoms. The number of aromatic nitrogens is 2. The van der Waals surface area contributed by atoms with Crippen molar-refractivity contribution in [3.8, 4) is 0 Å². The Morgan fingerprint density at radius 1 is 1.17 bits per heavy atom. The highest BCUT2D eigenvalue weighted by molar-refractivity contribution is 7.00. The number of carbonyl (C=O) groups excluding carboxylic acids is 1. The van der Waals surface area contributed by atoms with Crippen LogP contribution in [0.3, 0.4) is 0 Å². The van der Waals surface area contributed by atoms with Crippen LogP contribution in [0.4, 0.5) is 0 Å². The Labute approximate surface area is 146 Å². The molecule has 0 radical (unpaired) electrons. The van der Waals surface area contributed by atoms with E-state index in [-0.39, 0.29) is 11.9 Å². The quantitative estimate of drug-likeness (QED) is 0.917. The van der Waals surface area contributed by atoms with Gasteiger partial charge in [-0.25, -0.2) is 0 Å². The lowest BCUT2D eigenvalue weighted by atomic mass is 9.48. The van der Waals surface area contributed by atoms with Gasteiger partial charge in [-0.2, -0.15) is 8.75 Å². The van der Waals surface area contributed by atoms with Crippen molar-refractivity contribution < 1.29 is 4.79 Å². The topological polar surface area (TPSA) is 54.9 Å². The molecular weight excluding hydrogens is 318 g/mol. The van der Waals surface area contributed by atoms with Crippen molar-refractivity contribution in [3.63, 3.8) is 0 Å². The summed E-state index contributed by atoms with van der Waals surface area (Å²) in [5.74, 6) is 2.72. The first-order chi connectivity index (χ1) is 11.6. The van der Waals surface area contributed by atoms with Crippen molar-refractivity contribution in [2.45, 2.75) is 51.5 Å². The largest absolute Gasteiger partial charge is 0.349 e. The normalized spacial score (nSPS) is 35.3. The minimum Gasteiger partial charge on any atom is -0.349 e. The maximum absolute atomic E-state index is 12.9. The highest BCUT2D eigenvalue weighted by atomic mass is 32.1. The lowest BCUT2D eigenvalue weighted by molar-refractivity contribution is -0.0687. The van der Waals surface area contributed by atoms with E-state index in [0.717, 1.165) is 28.8 Å². The van der Waals surface area contributed by atoms with Crippen LogP contribution in [0.15, 0.2) is 18.2 Å². The van der Waals surface area contributed by atoms with Gasteiger partial charge in [0.1, 0.15) is 11.0 Å². The van der Waals surface area contributed by atoms with Gasteiger partial charge in [0, 0.05) is 6.04 Å². The third-order valence-electron chi connectivity index (χ3n) is 6.88. The first-order valence-corrected chi connectivity index (χ1v) is 9.88. The molecule has 5 heteroatoms. The Balaban J connectivity index is 1.39. The maximum atomic E-state index is 12.9. The average Bonchev–Trinajstić information content (AvgIpc) is 3.01. The van der Waals surface area contributed by atoms with Crippen molar-refractivity contribution in [3.05, 3.63) is 23.8 Å². The van der Waals surface area contributed by atoms with Crippen LogP contribution in [0, 0.1) is 23.2 Å². The summed E-state index contributed by atoms with van der Waals surface area (Å²) < 4.78 is 8.56. The van der Waals surface area contributed by atoms with Gasteiger partial charge in [0.25, 0.3) is 5.91 Å². The molecule has 1 atom stereocenters. The minimum absolute atomic E-state index is 0.0107. The van der Waals surface area contributed by atoms with Gasteiger partial charge in [-0.1, -0.05) is 6.07 Å². The molecule has 0 aliphatic heterocycles. The second kappa shape index (κ2) is 5.25. The highest BCUT2D eigenvalue weighted by Crippen LogP contribution is 2.61. The molecule has 24 heavy (non-hydrogen) atoms. The van der Waals surface area contributed by atoms with Crippen LogP contribution in [0.5, 0.6) is 0 Å². The zero-order chi connectivity index (χ0) is 16.3. The average molecular weight is 341 g/mol. The van der Waals surface area contributed by atoms with Crippen LogP contribution in [0.2, 0.25) is 0 Å². The second-order valence-corrected chi connectivity index (χ2v) is 8.94. The van der Waals surface area contributed by atoms with E-state index in [0.29, 0.717) is 11.0 Å². The predicted octanol–water partition coefficient (Wildman–Crippen LogP) is 4.03. The van der Waals surface area contributed by atoms with E-state index in [9.17, 15) is 4.79 Å². The molecule has 1 aromatic carbocycles. The molecule has 0 spiro atoms. The molecule has 4 nitrogen and oxygen atoms in total. The lowest BCUT2D eigenvalue weighted by Gasteiger charge is -2.59. The van der Waals surface area contributed by atoms with Crippen LogP contribution >= 0.6 is 11.7 Å². The summed E-state index contributed by atoms with van der Waals surface area (Å²) >= 11 is 1.17. The molecule has 6 rings (SSSR count). The fourth-order valence-corrected chi connectivity index (χ4v) is 6.67. The van der Waals surface area contributed by atoms with E-state index in [1.54, 1.807) is 0 Å². The molecule has 4 fully saturated rings. The fraction of sp³-hybridized carbons (Fsp3) is 0.632. The molecule has 4 aliphatic rings. The predicted molar refractivity (Wildman–Crippen MR) is 94.9 cm³/mol. The van der Waals surface area contributed by atoms with Gasteiger partial charge in [0.05, 0.1) is 17.3 Å². The summed E-state index contributed by atoms with van der Waals surface area (Å²) in [6.45, 7) is 2.23. The highest BCUT2D eigenvalue weighted by Gasteiger charge is 2.53. The molecule has 1 amide bonds. The van der Waals surface area contributed by atoms with Gasteiger partial charge in [0.15, 0.2) is 0 Å². The molecular formula is C19H23N3OS. The number of benzene rings is 1. The molecule has 0 saturated heterocycles. The van der Waals surface area contributed by atoms with Gasteiger partial charge in [-0.05, 0) is 80.8 Å². The van der Waals surface area contributed by atoms with Gasteiger partial charge < -0.3 is 5.32 Å². The van der Waals surface area contributed by atoms with E-state index in [1.165, 1.54) is 50.3 Å². The second-order valence-electron chi connectivity index (χ2n) is 8.41. The minimum atomic E-state index is 0.0107. The monoisotopic (exact) mass is 341 g/mol. The Hall–Kier alpha value is -1.49. The van der Waals surface area contributed by atoms with Crippen molar-refractivity contribution in [1.29, 1.82) is 0 Å². The van der Waals surface area contributed by atoms with Crippen LogP contribution in [-0.4, -0.2) is 20.7 Å². The summed E-state index contributed by atoms with van der Waals surface area (Å²) in [6, 6.07) is 5.91. The number of rotatable bonds is 3. The summed E-state index contributed by atoms with van der Waals surface area (Å²) in [7, 11) is 0. The van der Waals surface area contributed by atoms with E-state index >= 15 is 0 Å². The Morgan fingerprint density at radius 2 is 1.83 bits per heavy atom. The molecule has 126 valence electrons. The summed E-state index contributed by atoms with van der Waals surface area (Å²) in [6.07, 6.45) is 8.23. The zero-order valence-electron chi connectivity index (χ0n) is 14.0. The smallest absolute Gasteiger partial charge is 0.253 e. The molecule has 1 N–H and O–H groups in total. The Kier molecular flexibility index (Phi) is 3.24. The van der Waals surface area contributed by atoms with Crippen molar-refractivity contribution in [2.75, 3.05) is 0 Å². The summed E-state index contributed by atoms with van der Waals surface area (Å²) in [5.41, 5.74) is 2.55. The van der Waals surface area contributed by atoms with E-state index in [2.05, 4.69) is 21.0 Å². The number of amides is 1. The molecule has 2 aromatic rings. The fourth-order valence-electron chi connectivity index (χ4n) is 6.12. The molecule has 4 aliphatic carbocycles. The molecule has 1 unspecified atom stereocenters. The van der Waals surface area contributed by atoms with Crippen LogP contribution in [-0.2, 0) is 0 Å². The molecule has 4 saturated carbocycles. The molecule has 1 aromatic heterocycles. The first-order valence-electron chi connectivity index (χ1n) is 9.15. The SMILES string of the molecule is CC(NC(=O)c1cccc2nsnc12)C12CC3CC(CC(C3)C1)C2. The van der Waals surface area contributed by atoms with Gasteiger partial charge in [-0.15, -0.1) is 0 Å². The number of hydrogen-bond acceptors (Lipinski definition) is 4. The van der Waals surface area contributed by atoms with Crippen LogP contribution in [0.25, 0.3) is 11.0 Å². The number of nitrogens with one attached hydrogen (secondary N) is 1. The number of nitrogens with zero attached hydrogens (tertiary/aromatic N) is 2. The van der Waals surface area contributed by atoms with Crippen molar-refractivity contribution in [1.82, 2.24) is 14.1 Å². The van der Waals surface area contributed by atoms with E-state index in [4.69, 9.17) is 0 Å². The van der Waals surface area contributed by atoms with Gasteiger partial charge in [0.2, 0.25) is 0 Å². The van der Waals surface area contributed by atoms with Gasteiger partial charge >= 0.3 is 0 Å². The number of fused-ring (bicyclic) bond motifs is 1. The third-order valence-corrected chi connectivity index (χ3v) is 7.42. The van der Waals surface area contributed by atoms with Crippen LogP contribution < -0.4 is 5.32 Å². The number of hydrogen-bond donors (Lipinski definition) is 1. The third kappa shape index (κ3) is 2.20. The van der Waals surface area contributed by atoms with E-state index < -0.39 is 0 Å². The van der Waals surface area contributed by atoms with Crippen molar-refractivity contribution in [2.24, 2.45) is 23.2 Å². The van der Waals surface area contributed by atoms with Crippen molar-refractivity contribution >= 4 is 28.7 Å². The summed E-state index contributed by atoms with van der Waals surface area (Å²) in [4.78, 5) is 12.9. The first kappa shape index (κ1) is 14.8. The lowest BCUT2D eigenvalue weighted by Crippen LogP contribution is -2.55. The van der Waals surface area contributed by atoms with E-state index in [1.807, 2.05) is 18.2 Å². The van der Waals surface area contributed by atoms with Gasteiger partial charge in [-0.3, -0.25) is 4.79 Å². The molecule has 1 heterocycles. The standard InChI is InChI=1S/C19H23N3OS/c1-11(19-8-12-5-13(9-19)7-14(6-12)10-19)20-18(23)15-3-2-4-16-17(15)22-24-21-16/h2-4,11-14H,5-10H2,1H3,(H,20,23). The zero-order valence-corrected chi connectivity index (χ0v) is 14.8. The Morgan fingerprint density at radius 3 is 2.50 bits per heavy atom. The van der Waals surface area contributed by atoms with Crippen LogP contribution in [0.1, 0.15) is 55.8 Å². The number of carbonyl (C=O) groups is 1. The Bertz CT molecular complexity index is 763. The summed E-state index contributed by atoms with van der Waals surface area (Å²) in [5, 5.41) is 3.33.